The van der Waals surface area contributed by atoms with Gasteiger partial charge in [0, 0.05) is 20.3 Å². The van der Waals surface area contributed by atoms with E-state index in [2.05, 4.69) is 4.98 Å². The molecule has 2 heterocycles. The summed E-state index contributed by atoms with van der Waals surface area (Å²) >= 11 is 0. The third kappa shape index (κ3) is 4.34. The fraction of sp³-hybridized carbons (Fsp3) is 0.455. The van der Waals surface area contributed by atoms with Gasteiger partial charge in [0.05, 0.1) is 12.9 Å². The van der Waals surface area contributed by atoms with E-state index in [0.717, 1.165) is 0 Å². The van der Waals surface area contributed by atoms with E-state index in [1.54, 1.807) is 24.1 Å². The number of carboxylic acid groups (broad SMARTS) is 2. The van der Waals surface area contributed by atoms with Gasteiger partial charge in [0.25, 0.3) is 0 Å². The maximum atomic E-state index is 11.8. The number of likely N-dealkylation sites (N-methyl/N-ethyl adjacent to an activating group) is 1. The summed E-state index contributed by atoms with van der Waals surface area (Å²) in [6, 6.07) is -1.15. The molecule has 1 unspecified atom stereocenters. The number of carboxylic acids is 2. The number of hydrogen-bond acceptors (Lipinski definition) is 4. The first-order valence-electron chi connectivity index (χ1n) is 6.00. The van der Waals surface area contributed by atoms with Gasteiger partial charge in [0.15, 0.2) is 5.82 Å². The SMILES string of the molecule is CN1C(=O)N(c2cn(C)cn2)CC1C(=O)O.O=C(O)C(F)(F)F. The average Bonchev–Trinajstić information content (AvgIpc) is 2.95. The summed E-state index contributed by atoms with van der Waals surface area (Å²) in [5, 5.41) is 16.1. The lowest BCUT2D eigenvalue weighted by atomic mass is 10.3. The molecule has 0 aromatic carbocycles. The van der Waals surface area contributed by atoms with E-state index < -0.39 is 24.2 Å². The Hall–Kier alpha value is -2.79. The number of anilines is 1. The summed E-state index contributed by atoms with van der Waals surface area (Å²) < 4.78 is 33.4. The molecule has 1 aliphatic rings. The van der Waals surface area contributed by atoms with Crippen molar-refractivity contribution in [3.05, 3.63) is 12.5 Å². The Bertz CT molecular complexity index is 615. The van der Waals surface area contributed by atoms with Crippen LogP contribution in [-0.2, 0) is 16.6 Å². The second kappa shape index (κ2) is 6.54. The summed E-state index contributed by atoms with van der Waals surface area (Å²) in [4.78, 5) is 38.1. The van der Waals surface area contributed by atoms with E-state index in [1.807, 2.05) is 0 Å². The van der Waals surface area contributed by atoms with Gasteiger partial charge in [-0.15, -0.1) is 0 Å². The number of urea groups is 1. The summed E-state index contributed by atoms with van der Waals surface area (Å²) in [5.74, 6) is -3.29. The van der Waals surface area contributed by atoms with Gasteiger partial charge in [0.2, 0.25) is 0 Å². The van der Waals surface area contributed by atoms with Gasteiger partial charge in [-0.2, -0.15) is 13.2 Å². The molecule has 0 spiro atoms. The smallest absolute Gasteiger partial charge is 0.480 e. The maximum Gasteiger partial charge on any atom is 0.490 e. The number of rotatable bonds is 2. The predicted molar refractivity (Wildman–Crippen MR) is 68.8 cm³/mol. The largest absolute Gasteiger partial charge is 0.490 e. The Balaban J connectivity index is 0.000000322. The first-order valence-corrected chi connectivity index (χ1v) is 6.00. The molecule has 12 heteroatoms. The van der Waals surface area contributed by atoms with E-state index in [-0.39, 0.29) is 12.6 Å². The minimum atomic E-state index is -5.08. The second-order valence-corrected chi connectivity index (χ2v) is 4.56. The third-order valence-electron chi connectivity index (χ3n) is 2.85. The number of aliphatic carboxylic acids is 2. The third-order valence-corrected chi connectivity index (χ3v) is 2.85. The van der Waals surface area contributed by atoms with Crippen molar-refractivity contribution >= 4 is 23.8 Å². The van der Waals surface area contributed by atoms with Crippen molar-refractivity contribution in [1.29, 1.82) is 0 Å². The molecule has 1 aromatic heterocycles. The lowest BCUT2D eigenvalue weighted by Crippen LogP contribution is -2.36. The number of aromatic nitrogens is 2. The van der Waals surface area contributed by atoms with Gasteiger partial charge in [0.1, 0.15) is 6.04 Å². The zero-order valence-electron chi connectivity index (χ0n) is 12.0. The normalized spacial score (nSPS) is 17.8. The molecule has 0 saturated carbocycles. The number of imidazole rings is 1. The molecule has 23 heavy (non-hydrogen) atoms. The highest BCUT2D eigenvalue weighted by Gasteiger charge is 2.40. The van der Waals surface area contributed by atoms with E-state index in [0.29, 0.717) is 5.82 Å². The zero-order valence-corrected chi connectivity index (χ0v) is 12.0. The molecule has 0 aliphatic carbocycles. The van der Waals surface area contributed by atoms with E-state index in [9.17, 15) is 22.8 Å². The molecule has 1 atom stereocenters. The van der Waals surface area contributed by atoms with E-state index in [1.165, 1.54) is 16.8 Å². The number of hydrogen-bond donors (Lipinski definition) is 2. The molecule has 128 valence electrons. The predicted octanol–water partition coefficient (Wildman–Crippen LogP) is 0.378. The molecule has 1 saturated heterocycles. The van der Waals surface area contributed by atoms with E-state index >= 15 is 0 Å². The van der Waals surface area contributed by atoms with Crippen LogP contribution in [0.25, 0.3) is 0 Å². The molecule has 2 amide bonds. The highest BCUT2D eigenvalue weighted by Crippen LogP contribution is 2.20. The van der Waals surface area contributed by atoms with Crippen molar-refractivity contribution in [3.8, 4) is 0 Å². The Morgan fingerprint density at radius 1 is 1.30 bits per heavy atom. The molecule has 1 aliphatic heterocycles. The molecule has 9 nitrogen and oxygen atoms in total. The zero-order chi connectivity index (χ0) is 17.9. The molecular weight excluding hydrogens is 325 g/mol. The van der Waals surface area contributed by atoms with Crippen LogP contribution in [0, 0.1) is 0 Å². The first kappa shape index (κ1) is 18.3. The monoisotopic (exact) mass is 338 g/mol. The molecule has 0 bridgehead atoms. The fourth-order valence-electron chi connectivity index (χ4n) is 1.67. The molecule has 0 radical (unpaired) electrons. The summed E-state index contributed by atoms with van der Waals surface area (Å²) in [7, 11) is 3.26. The van der Waals surface area contributed by atoms with E-state index in [4.69, 9.17) is 15.0 Å². The summed E-state index contributed by atoms with van der Waals surface area (Å²) in [6.07, 6.45) is -1.84. The van der Waals surface area contributed by atoms with Crippen LogP contribution in [0.15, 0.2) is 12.5 Å². The lowest BCUT2D eigenvalue weighted by molar-refractivity contribution is -0.192. The Morgan fingerprint density at radius 2 is 1.83 bits per heavy atom. The van der Waals surface area contributed by atoms with Gasteiger partial charge >= 0.3 is 24.1 Å². The quantitative estimate of drug-likeness (QED) is 0.805. The highest BCUT2D eigenvalue weighted by molar-refractivity contribution is 5.97. The van der Waals surface area contributed by atoms with Crippen molar-refractivity contribution < 1.29 is 37.8 Å². The molecule has 1 aromatic rings. The highest BCUT2D eigenvalue weighted by atomic mass is 19.4. The van der Waals surface area contributed by atoms with Crippen molar-refractivity contribution in [1.82, 2.24) is 14.5 Å². The Labute approximate surface area is 127 Å². The fourth-order valence-corrected chi connectivity index (χ4v) is 1.67. The lowest BCUT2D eigenvalue weighted by Gasteiger charge is -2.13. The minimum Gasteiger partial charge on any atom is -0.480 e. The number of amides is 2. The van der Waals surface area contributed by atoms with Gasteiger partial charge in [-0.05, 0) is 0 Å². The number of carbonyl (C=O) groups excluding carboxylic acids is 1. The van der Waals surface area contributed by atoms with Gasteiger partial charge in [-0.25, -0.2) is 19.4 Å². The molecule has 2 rings (SSSR count). The van der Waals surface area contributed by atoms with Crippen molar-refractivity contribution in [2.24, 2.45) is 7.05 Å². The minimum absolute atomic E-state index is 0.127. The molecule has 2 N–H and O–H groups in total. The van der Waals surface area contributed by atoms with Crippen LogP contribution in [0.5, 0.6) is 0 Å². The van der Waals surface area contributed by atoms with Gasteiger partial charge < -0.3 is 19.7 Å². The first-order chi connectivity index (χ1) is 10.4. The number of alkyl halides is 3. The number of nitrogens with zero attached hydrogens (tertiary/aromatic N) is 4. The van der Waals surface area contributed by atoms with Crippen LogP contribution in [0.3, 0.4) is 0 Å². The van der Waals surface area contributed by atoms with Crippen molar-refractivity contribution in [2.45, 2.75) is 12.2 Å². The average molecular weight is 338 g/mol. The number of halogens is 3. The van der Waals surface area contributed by atoms with Crippen LogP contribution in [0.2, 0.25) is 0 Å². The van der Waals surface area contributed by atoms with Crippen LogP contribution in [0.4, 0.5) is 23.8 Å². The van der Waals surface area contributed by atoms with Crippen LogP contribution < -0.4 is 4.90 Å². The Kier molecular flexibility index (Phi) is 5.19. The van der Waals surface area contributed by atoms with Crippen molar-refractivity contribution in [2.75, 3.05) is 18.5 Å². The second-order valence-electron chi connectivity index (χ2n) is 4.56. The van der Waals surface area contributed by atoms with Crippen LogP contribution >= 0.6 is 0 Å². The van der Waals surface area contributed by atoms with Crippen LogP contribution in [-0.4, -0.2) is 68.4 Å². The number of carbonyl (C=O) groups is 3. The Morgan fingerprint density at radius 3 is 2.13 bits per heavy atom. The maximum absolute atomic E-state index is 11.8. The van der Waals surface area contributed by atoms with Crippen LogP contribution in [0.1, 0.15) is 0 Å². The number of aryl methyl sites for hydroxylation is 1. The standard InChI is InChI=1S/C9H12N4O3.C2HF3O2/c1-11-4-7(10-5-11)13-3-6(8(14)15)12(2)9(13)16;3-2(4,5)1(6)7/h4-6H,3H2,1-2H3,(H,14,15);(H,6,7). The summed E-state index contributed by atoms with van der Waals surface area (Å²) in [6.45, 7) is 0.127. The molecular formula is C11H13F3N4O5. The molecule has 1 fully saturated rings. The summed E-state index contributed by atoms with van der Waals surface area (Å²) in [5.41, 5.74) is 0. The van der Waals surface area contributed by atoms with Crippen molar-refractivity contribution in [3.63, 3.8) is 0 Å². The topological polar surface area (TPSA) is 116 Å². The van der Waals surface area contributed by atoms with Gasteiger partial charge in [-0.3, -0.25) is 4.90 Å². The van der Waals surface area contributed by atoms with Gasteiger partial charge in [-0.1, -0.05) is 0 Å².